The Morgan fingerprint density at radius 3 is 3.00 bits per heavy atom. The molecule has 0 heterocycles. The first-order chi connectivity index (χ1) is 6.24. The molecule has 72 valence electrons. The molecule has 0 saturated heterocycles. The third kappa shape index (κ3) is 2.93. The number of methoxy groups -OCH3 is 1. The molecule has 0 aromatic heterocycles. The van der Waals surface area contributed by atoms with E-state index in [1.807, 2.05) is 12.2 Å². The van der Waals surface area contributed by atoms with E-state index in [-0.39, 0.29) is 12.0 Å². The van der Waals surface area contributed by atoms with E-state index in [1.165, 1.54) is 7.11 Å². The van der Waals surface area contributed by atoms with E-state index >= 15 is 0 Å². The Hall–Kier alpha value is -1.25. The van der Waals surface area contributed by atoms with E-state index < -0.39 is 0 Å². The molecule has 0 spiro atoms. The summed E-state index contributed by atoms with van der Waals surface area (Å²) in [5.41, 5.74) is 1.10. The molecule has 1 atom stereocenters. The predicted molar refractivity (Wildman–Crippen MR) is 51.1 cm³/mol. The highest BCUT2D eigenvalue weighted by Crippen LogP contribution is 2.09. The lowest BCUT2D eigenvalue weighted by atomic mass is 10.1. The van der Waals surface area contributed by atoms with E-state index in [4.69, 9.17) is 0 Å². The third-order valence-corrected chi connectivity index (χ3v) is 1.97. The molecule has 0 amide bonds. The number of rotatable bonds is 3. The predicted octanol–water partition coefficient (Wildman–Crippen LogP) is 1.37. The van der Waals surface area contributed by atoms with Crippen LogP contribution in [0.2, 0.25) is 0 Å². The van der Waals surface area contributed by atoms with Crippen LogP contribution in [-0.4, -0.2) is 19.1 Å². The molecule has 3 nitrogen and oxygen atoms in total. The van der Waals surface area contributed by atoms with Crippen LogP contribution in [0.25, 0.3) is 0 Å². The van der Waals surface area contributed by atoms with Gasteiger partial charge in [-0.2, -0.15) is 0 Å². The third-order valence-electron chi connectivity index (χ3n) is 1.97. The van der Waals surface area contributed by atoms with Gasteiger partial charge >= 0.3 is 5.97 Å². The first-order valence-electron chi connectivity index (χ1n) is 4.44. The zero-order valence-electron chi connectivity index (χ0n) is 8.04. The molecule has 3 heteroatoms. The maximum absolute atomic E-state index is 11.1. The average molecular weight is 181 g/mol. The van der Waals surface area contributed by atoms with Gasteiger partial charge in [0.25, 0.3) is 0 Å². The van der Waals surface area contributed by atoms with E-state index in [0.29, 0.717) is 0 Å². The smallest absolute Gasteiger partial charge is 0.327 e. The Morgan fingerprint density at radius 1 is 1.69 bits per heavy atom. The highest BCUT2D eigenvalue weighted by Gasteiger charge is 2.13. The van der Waals surface area contributed by atoms with Crippen molar-refractivity contribution in [2.24, 2.45) is 0 Å². The van der Waals surface area contributed by atoms with Crippen molar-refractivity contribution in [2.45, 2.75) is 25.8 Å². The Labute approximate surface area is 78.5 Å². The number of nitrogens with one attached hydrogen (secondary N) is 1. The van der Waals surface area contributed by atoms with Crippen molar-refractivity contribution < 1.29 is 9.53 Å². The fourth-order valence-electron chi connectivity index (χ4n) is 1.24. The second-order valence-electron chi connectivity index (χ2n) is 3.05. The maximum atomic E-state index is 11.1. The normalized spacial score (nSPS) is 17.5. The Bertz CT molecular complexity index is 243. The first-order valence-corrected chi connectivity index (χ1v) is 4.44. The number of carbonyl (C=O) groups is 1. The molecule has 0 aromatic rings. The molecule has 1 aliphatic carbocycles. The van der Waals surface area contributed by atoms with Crippen LogP contribution in [0.4, 0.5) is 0 Å². The van der Waals surface area contributed by atoms with E-state index in [9.17, 15) is 4.79 Å². The summed E-state index contributed by atoms with van der Waals surface area (Å²) in [5.74, 6) is -0.226. The fourth-order valence-corrected chi connectivity index (χ4v) is 1.24. The van der Waals surface area contributed by atoms with Crippen molar-refractivity contribution in [1.29, 1.82) is 0 Å². The summed E-state index contributed by atoms with van der Waals surface area (Å²) in [5, 5.41) is 3.10. The lowest BCUT2D eigenvalue weighted by molar-refractivity contribution is -0.142. The maximum Gasteiger partial charge on any atom is 0.327 e. The summed E-state index contributed by atoms with van der Waals surface area (Å²) in [4.78, 5) is 11.1. The highest BCUT2D eigenvalue weighted by atomic mass is 16.5. The van der Waals surface area contributed by atoms with Crippen LogP contribution < -0.4 is 5.32 Å². The van der Waals surface area contributed by atoms with E-state index in [1.54, 1.807) is 6.92 Å². The Morgan fingerprint density at radius 2 is 2.46 bits per heavy atom. The summed E-state index contributed by atoms with van der Waals surface area (Å²) >= 11 is 0. The van der Waals surface area contributed by atoms with Crippen LogP contribution in [0.5, 0.6) is 0 Å². The molecular formula is C10H15NO2. The average Bonchev–Trinajstić information content (AvgIpc) is 2.18. The molecule has 1 aliphatic rings. The minimum absolute atomic E-state index is 0.226. The van der Waals surface area contributed by atoms with E-state index in [0.717, 1.165) is 18.5 Å². The summed E-state index contributed by atoms with van der Waals surface area (Å²) in [7, 11) is 1.40. The number of hydrogen-bond acceptors (Lipinski definition) is 3. The van der Waals surface area contributed by atoms with Crippen molar-refractivity contribution >= 4 is 5.97 Å². The Balaban J connectivity index is 2.43. The van der Waals surface area contributed by atoms with Crippen LogP contribution in [0, 0.1) is 0 Å². The van der Waals surface area contributed by atoms with Crippen molar-refractivity contribution in [2.75, 3.05) is 7.11 Å². The molecule has 0 bridgehead atoms. The zero-order valence-corrected chi connectivity index (χ0v) is 8.04. The lowest BCUT2D eigenvalue weighted by Gasteiger charge is -2.16. The van der Waals surface area contributed by atoms with Crippen LogP contribution in [-0.2, 0) is 9.53 Å². The van der Waals surface area contributed by atoms with Gasteiger partial charge in [-0.1, -0.05) is 12.2 Å². The van der Waals surface area contributed by atoms with Crippen molar-refractivity contribution in [3.8, 4) is 0 Å². The molecule has 0 saturated carbocycles. The van der Waals surface area contributed by atoms with Crippen molar-refractivity contribution in [3.63, 3.8) is 0 Å². The second-order valence-corrected chi connectivity index (χ2v) is 3.05. The summed E-state index contributed by atoms with van der Waals surface area (Å²) < 4.78 is 4.61. The largest absolute Gasteiger partial charge is 0.467 e. The van der Waals surface area contributed by atoms with Crippen LogP contribution in [0.1, 0.15) is 19.8 Å². The first kappa shape index (κ1) is 9.84. The monoisotopic (exact) mass is 181 g/mol. The molecule has 0 fully saturated rings. The summed E-state index contributed by atoms with van der Waals surface area (Å²) in [6, 6.07) is -0.261. The van der Waals surface area contributed by atoms with Gasteiger partial charge in [0.15, 0.2) is 0 Å². The van der Waals surface area contributed by atoms with Gasteiger partial charge in [0.05, 0.1) is 7.11 Å². The van der Waals surface area contributed by atoms with Gasteiger partial charge in [-0.15, -0.1) is 0 Å². The molecule has 1 N–H and O–H groups in total. The summed E-state index contributed by atoms with van der Waals surface area (Å²) in [6.45, 7) is 1.80. The van der Waals surface area contributed by atoms with Crippen LogP contribution in [0.3, 0.4) is 0 Å². The SMILES string of the molecule is COC(=O)[C@H](C)NC1=CC=CCC1. The minimum atomic E-state index is -0.261. The van der Waals surface area contributed by atoms with E-state index in [2.05, 4.69) is 16.1 Å². The number of ether oxygens (including phenoxy) is 1. The quantitative estimate of drug-likeness (QED) is 0.668. The van der Waals surface area contributed by atoms with Gasteiger partial charge in [0, 0.05) is 5.70 Å². The van der Waals surface area contributed by atoms with Crippen molar-refractivity contribution in [3.05, 3.63) is 23.9 Å². The molecule has 13 heavy (non-hydrogen) atoms. The molecule has 0 unspecified atom stereocenters. The molecule has 0 aromatic carbocycles. The van der Waals surface area contributed by atoms with Gasteiger partial charge in [-0.3, -0.25) is 0 Å². The van der Waals surface area contributed by atoms with Crippen LogP contribution >= 0.6 is 0 Å². The highest BCUT2D eigenvalue weighted by molar-refractivity contribution is 5.75. The minimum Gasteiger partial charge on any atom is -0.467 e. The summed E-state index contributed by atoms with van der Waals surface area (Å²) in [6.07, 6.45) is 8.09. The zero-order chi connectivity index (χ0) is 9.68. The van der Waals surface area contributed by atoms with Crippen LogP contribution in [0.15, 0.2) is 23.9 Å². The van der Waals surface area contributed by atoms with Gasteiger partial charge in [0.2, 0.25) is 0 Å². The lowest BCUT2D eigenvalue weighted by Crippen LogP contribution is -2.34. The molecule has 1 rings (SSSR count). The molecular weight excluding hydrogens is 166 g/mol. The standard InChI is InChI=1S/C10H15NO2/c1-8(10(12)13-2)11-9-6-4-3-5-7-9/h3-4,6,8,11H,5,7H2,1-2H3/t8-/m0/s1. The number of allylic oxidation sites excluding steroid dienone is 4. The Kier molecular flexibility index (Phi) is 3.55. The topological polar surface area (TPSA) is 38.3 Å². The van der Waals surface area contributed by atoms with Crippen molar-refractivity contribution in [1.82, 2.24) is 5.32 Å². The molecule has 0 radical (unpaired) electrons. The fraction of sp³-hybridized carbons (Fsp3) is 0.500. The second kappa shape index (κ2) is 4.70. The van der Waals surface area contributed by atoms with Gasteiger partial charge in [-0.05, 0) is 25.8 Å². The van der Waals surface area contributed by atoms with Gasteiger partial charge in [0.1, 0.15) is 6.04 Å². The number of carbonyl (C=O) groups excluding carboxylic acids is 1. The number of esters is 1. The number of hydrogen-bond donors (Lipinski definition) is 1. The molecule has 0 aliphatic heterocycles. The van der Waals surface area contributed by atoms with Gasteiger partial charge in [-0.25, -0.2) is 4.79 Å². The van der Waals surface area contributed by atoms with Gasteiger partial charge < -0.3 is 10.1 Å².